The summed E-state index contributed by atoms with van der Waals surface area (Å²) in [6.45, 7) is 6.54. The summed E-state index contributed by atoms with van der Waals surface area (Å²) in [7, 11) is 0. The molecule has 1 aromatic rings. The van der Waals surface area contributed by atoms with Gasteiger partial charge in [0.1, 0.15) is 11.3 Å². The summed E-state index contributed by atoms with van der Waals surface area (Å²) in [5.41, 5.74) is -0.159. The third-order valence-electron chi connectivity index (χ3n) is 2.91. The molecule has 0 aliphatic carbocycles. The van der Waals surface area contributed by atoms with Crippen LogP contribution in [0.2, 0.25) is 0 Å². The number of hydrogen-bond acceptors (Lipinski definition) is 4. The fourth-order valence-electron chi connectivity index (χ4n) is 2.02. The van der Waals surface area contributed by atoms with Gasteiger partial charge in [-0.1, -0.05) is 0 Å². The molecule has 110 valence electrons. The average molecular weight is 280 g/mol. The highest BCUT2D eigenvalue weighted by molar-refractivity contribution is 5.92. The zero-order chi connectivity index (χ0) is 14.8. The number of rotatable bonds is 2. The molecule has 0 bridgehead atoms. The van der Waals surface area contributed by atoms with Crippen LogP contribution in [0.4, 0.5) is 4.79 Å². The van der Waals surface area contributed by atoms with Crippen molar-refractivity contribution < 1.29 is 14.3 Å². The first-order chi connectivity index (χ1) is 9.35. The van der Waals surface area contributed by atoms with Gasteiger partial charge in [-0.25, -0.2) is 4.79 Å². The van der Waals surface area contributed by atoms with Crippen molar-refractivity contribution in [3.05, 3.63) is 18.0 Å². The number of hydrogen-bond donors (Lipinski definition) is 2. The van der Waals surface area contributed by atoms with Gasteiger partial charge in [0.05, 0.1) is 0 Å². The summed E-state index contributed by atoms with van der Waals surface area (Å²) in [6.07, 6.45) is 1.97. The van der Waals surface area contributed by atoms with Gasteiger partial charge in [-0.05, 0) is 33.3 Å². The van der Waals surface area contributed by atoms with Crippen molar-refractivity contribution in [2.24, 2.45) is 0 Å². The summed E-state index contributed by atoms with van der Waals surface area (Å²) in [5, 5.41) is 9.27. The number of H-pyrrole nitrogens is 1. The Morgan fingerprint density at radius 1 is 1.50 bits per heavy atom. The first-order valence-electron chi connectivity index (χ1n) is 6.64. The molecule has 1 atom stereocenters. The SMILES string of the molecule is CC(C)(C)OC(=O)N1CC[C@H](NC(=O)c2cc[nH]n2)C1. The lowest BCUT2D eigenvalue weighted by atomic mass is 10.2. The highest BCUT2D eigenvalue weighted by Gasteiger charge is 2.30. The van der Waals surface area contributed by atoms with E-state index in [2.05, 4.69) is 15.5 Å². The average Bonchev–Trinajstić information content (AvgIpc) is 2.97. The van der Waals surface area contributed by atoms with E-state index in [4.69, 9.17) is 4.74 Å². The minimum atomic E-state index is -0.506. The van der Waals surface area contributed by atoms with E-state index in [0.717, 1.165) is 6.42 Å². The van der Waals surface area contributed by atoms with E-state index in [1.54, 1.807) is 17.2 Å². The molecule has 7 nitrogen and oxygen atoms in total. The fraction of sp³-hybridized carbons (Fsp3) is 0.615. The second kappa shape index (κ2) is 5.52. The molecule has 2 N–H and O–H groups in total. The molecule has 1 aliphatic heterocycles. The Morgan fingerprint density at radius 3 is 2.85 bits per heavy atom. The van der Waals surface area contributed by atoms with Gasteiger partial charge < -0.3 is 15.0 Å². The molecule has 0 unspecified atom stereocenters. The first-order valence-corrected chi connectivity index (χ1v) is 6.64. The zero-order valence-electron chi connectivity index (χ0n) is 12.0. The van der Waals surface area contributed by atoms with E-state index in [9.17, 15) is 9.59 Å². The number of amides is 2. The fourth-order valence-corrected chi connectivity index (χ4v) is 2.02. The molecule has 1 saturated heterocycles. The highest BCUT2D eigenvalue weighted by atomic mass is 16.6. The highest BCUT2D eigenvalue weighted by Crippen LogP contribution is 2.15. The predicted octanol–water partition coefficient (Wildman–Crippen LogP) is 1.15. The van der Waals surface area contributed by atoms with Crippen LogP contribution in [0.3, 0.4) is 0 Å². The smallest absolute Gasteiger partial charge is 0.410 e. The minimum absolute atomic E-state index is 0.0632. The maximum Gasteiger partial charge on any atom is 0.410 e. The predicted molar refractivity (Wildman–Crippen MR) is 72.3 cm³/mol. The number of carbonyl (C=O) groups excluding carboxylic acids is 2. The van der Waals surface area contributed by atoms with Gasteiger partial charge in [-0.2, -0.15) is 5.10 Å². The third-order valence-corrected chi connectivity index (χ3v) is 2.91. The van der Waals surface area contributed by atoms with Crippen LogP contribution in [0.1, 0.15) is 37.7 Å². The number of ether oxygens (including phenoxy) is 1. The van der Waals surface area contributed by atoms with Crippen molar-refractivity contribution in [1.29, 1.82) is 0 Å². The van der Waals surface area contributed by atoms with E-state index in [1.165, 1.54) is 0 Å². The molecular weight excluding hydrogens is 260 g/mol. The van der Waals surface area contributed by atoms with Crippen molar-refractivity contribution in [3.8, 4) is 0 Å². The Morgan fingerprint density at radius 2 is 2.25 bits per heavy atom. The minimum Gasteiger partial charge on any atom is -0.444 e. The number of likely N-dealkylation sites (tertiary alicyclic amines) is 1. The summed E-state index contributed by atoms with van der Waals surface area (Å²) in [6, 6.07) is 1.54. The van der Waals surface area contributed by atoms with Crippen LogP contribution in [-0.4, -0.2) is 51.8 Å². The molecule has 7 heteroatoms. The zero-order valence-corrected chi connectivity index (χ0v) is 12.0. The molecule has 1 aliphatic rings. The Kier molecular flexibility index (Phi) is 3.96. The van der Waals surface area contributed by atoms with Crippen molar-refractivity contribution in [2.45, 2.75) is 38.8 Å². The van der Waals surface area contributed by atoms with Crippen LogP contribution in [0.5, 0.6) is 0 Å². The van der Waals surface area contributed by atoms with Gasteiger partial charge in [0.15, 0.2) is 0 Å². The van der Waals surface area contributed by atoms with Crippen LogP contribution in [0, 0.1) is 0 Å². The number of aromatic nitrogens is 2. The molecule has 2 rings (SSSR count). The first kappa shape index (κ1) is 14.4. The van der Waals surface area contributed by atoms with Crippen LogP contribution in [0.25, 0.3) is 0 Å². The van der Waals surface area contributed by atoms with Gasteiger partial charge >= 0.3 is 6.09 Å². The van der Waals surface area contributed by atoms with E-state index >= 15 is 0 Å². The largest absolute Gasteiger partial charge is 0.444 e. The molecule has 1 fully saturated rings. The Bertz CT molecular complexity index is 478. The van der Waals surface area contributed by atoms with Crippen LogP contribution in [0.15, 0.2) is 12.3 Å². The van der Waals surface area contributed by atoms with Crippen molar-refractivity contribution >= 4 is 12.0 Å². The standard InChI is InChI=1S/C13H20N4O3/c1-13(2,3)20-12(19)17-7-5-9(8-17)15-11(18)10-4-6-14-16-10/h4,6,9H,5,7-8H2,1-3H3,(H,14,16)(H,15,18)/t9-/m0/s1. The van der Waals surface area contributed by atoms with Crippen LogP contribution < -0.4 is 5.32 Å². The maximum atomic E-state index is 11.9. The molecule has 0 aromatic carbocycles. The topological polar surface area (TPSA) is 87.3 Å². The van der Waals surface area contributed by atoms with Crippen molar-refractivity contribution in [1.82, 2.24) is 20.4 Å². The second-order valence-electron chi connectivity index (χ2n) is 5.84. The van der Waals surface area contributed by atoms with Gasteiger partial charge in [-0.15, -0.1) is 0 Å². The maximum absolute atomic E-state index is 11.9. The number of nitrogens with one attached hydrogen (secondary N) is 2. The van der Waals surface area contributed by atoms with E-state index in [0.29, 0.717) is 18.8 Å². The summed E-state index contributed by atoms with van der Waals surface area (Å²) >= 11 is 0. The summed E-state index contributed by atoms with van der Waals surface area (Å²) < 4.78 is 5.30. The summed E-state index contributed by atoms with van der Waals surface area (Å²) in [5.74, 6) is -0.234. The van der Waals surface area contributed by atoms with E-state index < -0.39 is 5.60 Å². The Balaban J connectivity index is 1.83. The van der Waals surface area contributed by atoms with Gasteiger partial charge in [0, 0.05) is 25.3 Å². The van der Waals surface area contributed by atoms with Gasteiger partial charge in [0.2, 0.25) is 0 Å². The quantitative estimate of drug-likeness (QED) is 0.850. The molecule has 0 saturated carbocycles. The second-order valence-corrected chi connectivity index (χ2v) is 5.84. The lowest BCUT2D eigenvalue weighted by Crippen LogP contribution is -2.40. The lowest BCUT2D eigenvalue weighted by Gasteiger charge is -2.24. The Labute approximate surface area is 117 Å². The lowest BCUT2D eigenvalue weighted by molar-refractivity contribution is 0.0290. The van der Waals surface area contributed by atoms with Crippen LogP contribution in [-0.2, 0) is 4.74 Å². The Hall–Kier alpha value is -2.05. The monoisotopic (exact) mass is 280 g/mol. The summed E-state index contributed by atoms with van der Waals surface area (Å²) in [4.78, 5) is 25.3. The van der Waals surface area contributed by atoms with Crippen LogP contribution >= 0.6 is 0 Å². The molecule has 20 heavy (non-hydrogen) atoms. The number of aromatic amines is 1. The molecule has 0 radical (unpaired) electrons. The van der Waals surface area contributed by atoms with Gasteiger partial charge in [-0.3, -0.25) is 9.89 Å². The molecular formula is C13H20N4O3. The third kappa shape index (κ3) is 3.72. The molecule has 1 aromatic heterocycles. The van der Waals surface area contributed by atoms with Crippen molar-refractivity contribution in [3.63, 3.8) is 0 Å². The molecule has 2 amide bonds. The molecule has 0 spiro atoms. The van der Waals surface area contributed by atoms with Crippen molar-refractivity contribution in [2.75, 3.05) is 13.1 Å². The number of nitrogens with zero attached hydrogens (tertiary/aromatic N) is 2. The number of carbonyl (C=O) groups is 2. The molecule has 2 heterocycles. The van der Waals surface area contributed by atoms with E-state index in [-0.39, 0.29) is 18.0 Å². The van der Waals surface area contributed by atoms with E-state index in [1.807, 2.05) is 20.8 Å². The van der Waals surface area contributed by atoms with Gasteiger partial charge in [0.25, 0.3) is 5.91 Å². The normalized spacial score (nSPS) is 18.9.